The zero-order valence-corrected chi connectivity index (χ0v) is 9.00. The van der Waals surface area contributed by atoms with Crippen LogP contribution >= 0.6 is 11.6 Å². The van der Waals surface area contributed by atoms with Crippen molar-refractivity contribution in [3.63, 3.8) is 0 Å². The quantitative estimate of drug-likeness (QED) is 0.702. The van der Waals surface area contributed by atoms with Crippen LogP contribution in [0.5, 0.6) is 0 Å². The molecule has 0 amide bonds. The van der Waals surface area contributed by atoms with Crippen LogP contribution in [0.3, 0.4) is 0 Å². The normalized spacial score (nSPS) is 11.1. The average Bonchev–Trinajstić information content (AvgIpc) is 2.16. The lowest BCUT2D eigenvalue weighted by molar-refractivity contribution is -0.146. The van der Waals surface area contributed by atoms with Crippen molar-refractivity contribution in [3.05, 3.63) is 23.2 Å². The molecule has 1 rings (SSSR count). The summed E-state index contributed by atoms with van der Waals surface area (Å²) in [5, 5.41) is 0.263. The minimum atomic E-state index is -0.827. The van der Waals surface area contributed by atoms with Crippen LogP contribution in [0, 0.1) is 0 Å². The van der Waals surface area contributed by atoms with Gasteiger partial charge in [-0.25, -0.2) is 4.98 Å². The zero-order valence-electron chi connectivity index (χ0n) is 8.24. The Balaban J connectivity index is 3.09. The second-order valence-corrected chi connectivity index (χ2v) is 3.73. The van der Waals surface area contributed by atoms with Crippen molar-refractivity contribution in [3.8, 4) is 0 Å². The third kappa shape index (κ3) is 2.01. The van der Waals surface area contributed by atoms with E-state index >= 15 is 0 Å². The van der Waals surface area contributed by atoms with Gasteiger partial charge in [0, 0.05) is 6.20 Å². The lowest BCUT2D eigenvalue weighted by Gasteiger charge is -2.20. The highest BCUT2D eigenvalue weighted by molar-refractivity contribution is 6.29. The van der Waals surface area contributed by atoms with Crippen molar-refractivity contribution in [1.29, 1.82) is 0 Å². The number of rotatable bonds is 2. The highest BCUT2D eigenvalue weighted by Crippen LogP contribution is 2.22. The third-order valence-corrected chi connectivity index (χ3v) is 2.12. The minimum Gasteiger partial charge on any atom is -0.468 e. The van der Waals surface area contributed by atoms with Gasteiger partial charge >= 0.3 is 5.97 Å². The van der Waals surface area contributed by atoms with E-state index in [1.807, 2.05) is 0 Å². The molecule has 76 valence electrons. The molecule has 14 heavy (non-hydrogen) atoms. The molecule has 0 aliphatic rings. The number of hydrogen-bond donors (Lipinski definition) is 0. The number of nitrogens with zero attached hydrogens (tertiary/aromatic N) is 2. The number of halogens is 1. The molecule has 0 saturated carbocycles. The molecular formula is C9H11ClN2O2. The van der Waals surface area contributed by atoms with Gasteiger partial charge in [-0.3, -0.25) is 9.78 Å². The fourth-order valence-electron chi connectivity index (χ4n) is 1.00. The van der Waals surface area contributed by atoms with E-state index in [0.29, 0.717) is 5.69 Å². The second kappa shape index (κ2) is 3.92. The first-order valence-electron chi connectivity index (χ1n) is 4.05. The van der Waals surface area contributed by atoms with E-state index in [4.69, 9.17) is 11.6 Å². The maximum atomic E-state index is 11.4. The molecule has 4 nitrogen and oxygen atoms in total. The number of ether oxygens (including phenoxy) is 1. The van der Waals surface area contributed by atoms with Gasteiger partial charge in [-0.2, -0.15) is 0 Å². The molecule has 0 aliphatic carbocycles. The van der Waals surface area contributed by atoms with Gasteiger partial charge < -0.3 is 4.74 Å². The van der Waals surface area contributed by atoms with E-state index in [-0.39, 0.29) is 11.1 Å². The lowest BCUT2D eigenvalue weighted by Crippen LogP contribution is -2.31. The zero-order chi connectivity index (χ0) is 10.8. The maximum absolute atomic E-state index is 11.4. The summed E-state index contributed by atoms with van der Waals surface area (Å²) < 4.78 is 4.66. The van der Waals surface area contributed by atoms with Crippen molar-refractivity contribution < 1.29 is 9.53 Å². The Morgan fingerprint density at radius 2 is 2.14 bits per heavy atom. The molecule has 1 heterocycles. The molecule has 1 aromatic rings. The summed E-state index contributed by atoms with van der Waals surface area (Å²) in [4.78, 5) is 19.3. The van der Waals surface area contributed by atoms with Gasteiger partial charge in [-0.1, -0.05) is 11.6 Å². The van der Waals surface area contributed by atoms with E-state index in [0.717, 1.165) is 0 Å². The van der Waals surface area contributed by atoms with E-state index in [1.54, 1.807) is 13.8 Å². The Labute approximate surface area is 87.3 Å². The first kappa shape index (κ1) is 10.9. The second-order valence-electron chi connectivity index (χ2n) is 3.34. The Morgan fingerprint density at radius 3 is 2.64 bits per heavy atom. The summed E-state index contributed by atoms with van der Waals surface area (Å²) in [5.74, 6) is -0.367. The summed E-state index contributed by atoms with van der Waals surface area (Å²) >= 11 is 5.67. The summed E-state index contributed by atoms with van der Waals surface area (Å²) in [5.41, 5.74) is -0.330. The lowest BCUT2D eigenvalue weighted by atomic mass is 9.90. The fourth-order valence-corrected chi connectivity index (χ4v) is 1.15. The van der Waals surface area contributed by atoms with E-state index in [2.05, 4.69) is 14.7 Å². The number of aromatic nitrogens is 2. The molecule has 0 unspecified atom stereocenters. The number of carbonyl (C=O) groups excluding carboxylic acids is 1. The van der Waals surface area contributed by atoms with E-state index in [1.165, 1.54) is 19.5 Å². The summed E-state index contributed by atoms with van der Waals surface area (Å²) in [6, 6.07) is 0. The largest absolute Gasteiger partial charge is 0.468 e. The van der Waals surface area contributed by atoms with Crippen LogP contribution in [0.15, 0.2) is 12.4 Å². The van der Waals surface area contributed by atoms with Crippen molar-refractivity contribution in [2.24, 2.45) is 0 Å². The monoisotopic (exact) mass is 214 g/mol. The molecular weight excluding hydrogens is 204 g/mol. The number of methoxy groups -OCH3 is 1. The smallest absolute Gasteiger partial charge is 0.317 e. The molecule has 0 N–H and O–H groups in total. The van der Waals surface area contributed by atoms with Crippen LogP contribution in [0.2, 0.25) is 5.15 Å². The molecule has 0 aromatic carbocycles. The molecule has 5 heteroatoms. The number of esters is 1. The summed E-state index contributed by atoms with van der Waals surface area (Å²) in [7, 11) is 1.34. The Bertz CT molecular complexity index is 352. The SMILES string of the molecule is COC(=O)C(C)(C)c1cncc(Cl)n1. The van der Waals surface area contributed by atoms with Crippen molar-refractivity contribution >= 4 is 17.6 Å². The summed E-state index contributed by atoms with van der Waals surface area (Å²) in [6.45, 7) is 3.42. The molecule has 0 spiro atoms. The maximum Gasteiger partial charge on any atom is 0.317 e. The molecule has 1 aromatic heterocycles. The van der Waals surface area contributed by atoms with E-state index < -0.39 is 5.41 Å². The highest BCUT2D eigenvalue weighted by atomic mass is 35.5. The Kier molecular flexibility index (Phi) is 3.06. The van der Waals surface area contributed by atoms with Crippen LogP contribution in [0.4, 0.5) is 0 Å². The van der Waals surface area contributed by atoms with Gasteiger partial charge in [0.25, 0.3) is 0 Å². The van der Waals surface area contributed by atoms with Crippen molar-refractivity contribution in [1.82, 2.24) is 9.97 Å². The Hall–Kier alpha value is -1.16. The molecule has 0 radical (unpaired) electrons. The van der Waals surface area contributed by atoms with Gasteiger partial charge in [0.2, 0.25) is 0 Å². The van der Waals surface area contributed by atoms with Crippen LogP contribution in [-0.2, 0) is 14.9 Å². The minimum absolute atomic E-state index is 0.263. The van der Waals surface area contributed by atoms with Gasteiger partial charge in [-0.15, -0.1) is 0 Å². The first-order valence-corrected chi connectivity index (χ1v) is 4.42. The van der Waals surface area contributed by atoms with E-state index in [9.17, 15) is 4.79 Å². The molecule has 0 saturated heterocycles. The van der Waals surface area contributed by atoms with Gasteiger partial charge in [0.15, 0.2) is 0 Å². The Morgan fingerprint density at radius 1 is 1.50 bits per heavy atom. The van der Waals surface area contributed by atoms with Crippen molar-refractivity contribution in [2.75, 3.05) is 7.11 Å². The number of carbonyl (C=O) groups is 1. The predicted octanol–water partition coefficient (Wildman–Crippen LogP) is 1.58. The molecule has 0 aliphatic heterocycles. The topological polar surface area (TPSA) is 52.1 Å². The number of hydrogen-bond acceptors (Lipinski definition) is 4. The van der Waals surface area contributed by atoms with Gasteiger partial charge in [0.05, 0.1) is 19.0 Å². The van der Waals surface area contributed by atoms with Crippen LogP contribution < -0.4 is 0 Å². The molecule has 0 bridgehead atoms. The van der Waals surface area contributed by atoms with Crippen LogP contribution in [-0.4, -0.2) is 23.0 Å². The van der Waals surface area contributed by atoms with Gasteiger partial charge in [0.1, 0.15) is 10.6 Å². The highest BCUT2D eigenvalue weighted by Gasteiger charge is 2.32. The van der Waals surface area contributed by atoms with Gasteiger partial charge in [-0.05, 0) is 13.8 Å². The first-order chi connectivity index (χ1) is 6.48. The fraction of sp³-hybridized carbons (Fsp3) is 0.444. The molecule has 0 atom stereocenters. The predicted molar refractivity (Wildman–Crippen MR) is 52.1 cm³/mol. The molecule has 0 fully saturated rings. The third-order valence-electron chi connectivity index (χ3n) is 1.94. The standard InChI is InChI=1S/C9H11ClN2O2/c1-9(2,8(13)14-3)6-4-11-5-7(10)12-6/h4-5H,1-3H3. The van der Waals surface area contributed by atoms with Crippen LogP contribution in [0.1, 0.15) is 19.5 Å². The average molecular weight is 215 g/mol. The van der Waals surface area contributed by atoms with Crippen LogP contribution in [0.25, 0.3) is 0 Å². The van der Waals surface area contributed by atoms with Crippen molar-refractivity contribution in [2.45, 2.75) is 19.3 Å². The summed E-state index contributed by atoms with van der Waals surface area (Å²) in [6.07, 6.45) is 2.92.